The maximum Gasteiger partial charge on any atom is 0.340 e. The Bertz CT molecular complexity index is 1260. The van der Waals surface area contributed by atoms with Gasteiger partial charge in [0.05, 0.1) is 12.2 Å². The van der Waals surface area contributed by atoms with E-state index in [0.717, 1.165) is 27.8 Å². The van der Waals surface area contributed by atoms with E-state index in [9.17, 15) is 4.79 Å². The Morgan fingerprint density at radius 3 is 2.38 bits per heavy atom. The molecule has 0 unspecified atom stereocenters. The second kappa shape index (κ2) is 9.35. The zero-order valence-corrected chi connectivity index (χ0v) is 17.9. The van der Waals surface area contributed by atoms with Crippen molar-refractivity contribution in [3.8, 4) is 22.3 Å². The number of nitrogen functional groups attached to an aromatic ring is 1. The first-order chi connectivity index (χ1) is 15.5. The van der Waals surface area contributed by atoms with Gasteiger partial charge in [0.2, 0.25) is 0 Å². The number of aromatic nitrogens is 1. The third-order valence-electron chi connectivity index (χ3n) is 5.26. The first-order valence-corrected chi connectivity index (χ1v) is 10.5. The number of amidine groups is 1. The average Bonchev–Trinajstić information content (AvgIpc) is 3.24. The summed E-state index contributed by atoms with van der Waals surface area (Å²) in [5.74, 6) is -0.311. The summed E-state index contributed by atoms with van der Waals surface area (Å²) in [6.07, 6.45) is 3.79. The van der Waals surface area contributed by atoms with E-state index in [1.807, 2.05) is 71.6 Å². The molecule has 4 rings (SSSR count). The quantitative estimate of drug-likeness (QED) is 0.239. The summed E-state index contributed by atoms with van der Waals surface area (Å²) in [7, 11) is 0. The molecule has 0 saturated heterocycles. The van der Waals surface area contributed by atoms with Gasteiger partial charge in [0.1, 0.15) is 5.84 Å². The summed E-state index contributed by atoms with van der Waals surface area (Å²) >= 11 is 0. The first-order valence-electron chi connectivity index (χ1n) is 10.5. The molecule has 32 heavy (non-hydrogen) atoms. The molecule has 4 aromatic rings. The van der Waals surface area contributed by atoms with Gasteiger partial charge in [-0.2, -0.15) is 0 Å². The molecular weight excluding hydrogens is 398 g/mol. The summed E-state index contributed by atoms with van der Waals surface area (Å²) in [5.41, 5.74) is 11.8. The van der Waals surface area contributed by atoms with E-state index in [4.69, 9.17) is 15.9 Å². The third kappa shape index (κ3) is 4.62. The number of hydrogen-bond donors (Lipinski definition) is 2. The Kier molecular flexibility index (Phi) is 6.17. The molecule has 0 atom stereocenters. The van der Waals surface area contributed by atoms with Gasteiger partial charge in [-0.05, 0) is 41.3 Å². The molecule has 5 nitrogen and oxygen atoms in total. The van der Waals surface area contributed by atoms with Crippen molar-refractivity contribution in [3.63, 3.8) is 0 Å². The smallest absolute Gasteiger partial charge is 0.340 e. The third-order valence-corrected chi connectivity index (χ3v) is 5.26. The van der Waals surface area contributed by atoms with Crippen LogP contribution in [0.25, 0.3) is 22.3 Å². The largest absolute Gasteiger partial charge is 0.462 e. The Balaban J connectivity index is 1.73. The van der Waals surface area contributed by atoms with Gasteiger partial charge < -0.3 is 15.0 Å². The molecule has 1 aromatic heterocycles. The summed E-state index contributed by atoms with van der Waals surface area (Å²) in [5, 5.41) is 7.67. The van der Waals surface area contributed by atoms with Gasteiger partial charge in [-0.3, -0.25) is 5.41 Å². The van der Waals surface area contributed by atoms with Crippen molar-refractivity contribution in [2.45, 2.75) is 13.5 Å². The highest BCUT2D eigenvalue weighted by atomic mass is 16.5. The zero-order valence-electron chi connectivity index (χ0n) is 17.9. The summed E-state index contributed by atoms with van der Waals surface area (Å²) in [6.45, 7) is 2.66. The molecule has 0 spiro atoms. The van der Waals surface area contributed by atoms with Crippen LogP contribution in [0, 0.1) is 5.41 Å². The zero-order chi connectivity index (χ0) is 22.5. The van der Waals surface area contributed by atoms with Crippen LogP contribution in [-0.2, 0) is 11.3 Å². The Morgan fingerprint density at radius 2 is 1.62 bits per heavy atom. The molecule has 0 aliphatic heterocycles. The van der Waals surface area contributed by atoms with E-state index >= 15 is 0 Å². The molecule has 160 valence electrons. The monoisotopic (exact) mass is 423 g/mol. The fourth-order valence-electron chi connectivity index (χ4n) is 3.75. The number of carbonyl (C=O) groups is 1. The van der Waals surface area contributed by atoms with Crippen molar-refractivity contribution in [1.29, 1.82) is 5.41 Å². The summed E-state index contributed by atoms with van der Waals surface area (Å²) in [6, 6.07) is 25.9. The number of nitrogens with zero attached hydrogens (tertiary/aromatic N) is 1. The van der Waals surface area contributed by atoms with Crippen LogP contribution in [-0.4, -0.2) is 23.0 Å². The highest BCUT2D eigenvalue weighted by Crippen LogP contribution is 2.30. The molecule has 0 radical (unpaired) electrons. The number of hydrogen-bond acceptors (Lipinski definition) is 3. The maximum atomic E-state index is 12.7. The standard InChI is InChI=1S/C27H25N3O2/c1-2-32-27(31)25-18-30(16-19-8-6-13-23(14-19)26(28)29)17-24(25)22-12-7-11-21(15-22)20-9-4-3-5-10-20/h3-15,17-18H,2,16H2,1H3,(H3,28,29). The lowest BCUT2D eigenvalue weighted by atomic mass is 9.98. The Labute approximate surface area is 187 Å². The van der Waals surface area contributed by atoms with Crippen LogP contribution in [0.15, 0.2) is 91.3 Å². The second-order valence-corrected chi connectivity index (χ2v) is 7.54. The van der Waals surface area contributed by atoms with Gasteiger partial charge in [0.25, 0.3) is 0 Å². The average molecular weight is 424 g/mol. The molecule has 1 heterocycles. The molecule has 0 aliphatic rings. The van der Waals surface area contributed by atoms with Crippen LogP contribution in [0.4, 0.5) is 0 Å². The van der Waals surface area contributed by atoms with Gasteiger partial charge in [-0.15, -0.1) is 0 Å². The summed E-state index contributed by atoms with van der Waals surface area (Å²) < 4.78 is 7.29. The molecule has 0 aliphatic carbocycles. The van der Waals surface area contributed by atoms with Crippen LogP contribution in [0.5, 0.6) is 0 Å². The summed E-state index contributed by atoms with van der Waals surface area (Å²) in [4.78, 5) is 12.7. The molecule has 0 saturated carbocycles. The molecule has 0 bridgehead atoms. The second-order valence-electron chi connectivity index (χ2n) is 7.54. The maximum absolute atomic E-state index is 12.7. The van der Waals surface area contributed by atoms with Crippen molar-refractivity contribution in [1.82, 2.24) is 4.57 Å². The fraction of sp³-hybridized carbons (Fsp3) is 0.111. The van der Waals surface area contributed by atoms with E-state index in [1.54, 1.807) is 6.92 Å². The number of ether oxygens (including phenoxy) is 1. The normalized spacial score (nSPS) is 10.7. The number of nitrogens with one attached hydrogen (secondary N) is 1. The minimum Gasteiger partial charge on any atom is -0.462 e. The molecule has 3 N–H and O–H groups in total. The SMILES string of the molecule is CCOC(=O)c1cn(Cc2cccc(C(=N)N)c2)cc1-c1cccc(-c2ccccc2)c1. The predicted octanol–water partition coefficient (Wildman–Crippen LogP) is 5.33. The highest BCUT2D eigenvalue weighted by molar-refractivity contribution is 5.98. The van der Waals surface area contributed by atoms with Gasteiger partial charge in [0.15, 0.2) is 0 Å². The van der Waals surface area contributed by atoms with E-state index in [-0.39, 0.29) is 11.8 Å². The first kappa shape index (κ1) is 21.1. The number of nitrogens with two attached hydrogens (primary N) is 1. The lowest BCUT2D eigenvalue weighted by Crippen LogP contribution is -2.11. The van der Waals surface area contributed by atoms with Gasteiger partial charge >= 0.3 is 5.97 Å². The van der Waals surface area contributed by atoms with Crippen LogP contribution in [0.2, 0.25) is 0 Å². The molecular formula is C27H25N3O2. The van der Waals surface area contributed by atoms with Crippen LogP contribution >= 0.6 is 0 Å². The van der Waals surface area contributed by atoms with Crippen LogP contribution < -0.4 is 5.73 Å². The van der Waals surface area contributed by atoms with Gasteiger partial charge in [-0.1, -0.05) is 66.7 Å². The molecule has 5 heteroatoms. The molecule has 0 amide bonds. The highest BCUT2D eigenvalue weighted by Gasteiger charge is 2.18. The number of benzene rings is 3. The lowest BCUT2D eigenvalue weighted by molar-refractivity contribution is 0.0527. The van der Waals surface area contributed by atoms with Crippen LogP contribution in [0.1, 0.15) is 28.4 Å². The van der Waals surface area contributed by atoms with E-state index in [1.165, 1.54) is 0 Å². The van der Waals surface area contributed by atoms with Gasteiger partial charge in [0, 0.05) is 30.1 Å². The molecule has 0 fully saturated rings. The Hall–Kier alpha value is -4.12. The van der Waals surface area contributed by atoms with Gasteiger partial charge in [-0.25, -0.2) is 4.79 Å². The van der Waals surface area contributed by atoms with Crippen LogP contribution in [0.3, 0.4) is 0 Å². The number of rotatable bonds is 7. The number of carbonyl (C=O) groups excluding carboxylic acids is 1. The van der Waals surface area contributed by atoms with Crippen molar-refractivity contribution >= 4 is 11.8 Å². The topological polar surface area (TPSA) is 81.1 Å². The molecule has 3 aromatic carbocycles. The van der Waals surface area contributed by atoms with Crippen molar-refractivity contribution in [3.05, 3.63) is 108 Å². The predicted molar refractivity (Wildman–Crippen MR) is 128 cm³/mol. The van der Waals surface area contributed by atoms with Crippen molar-refractivity contribution < 1.29 is 9.53 Å². The van der Waals surface area contributed by atoms with Crippen molar-refractivity contribution in [2.24, 2.45) is 5.73 Å². The fourth-order valence-corrected chi connectivity index (χ4v) is 3.75. The Morgan fingerprint density at radius 1 is 0.906 bits per heavy atom. The van der Waals surface area contributed by atoms with Crippen molar-refractivity contribution in [2.75, 3.05) is 6.61 Å². The minimum atomic E-state index is -0.344. The lowest BCUT2D eigenvalue weighted by Gasteiger charge is -2.07. The van der Waals surface area contributed by atoms with E-state index < -0.39 is 0 Å². The van der Waals surface area contributed by atoms with E-state index in [0.29, 0.717) is 24.3 Å². The van der Waals surface area contributed by atoms with E-state index in [2.05, 4.69) is 24.3 Å². The number of esters is 1. The minimum absolute atomic E-state index is 0.0324.